The lowest BCUT2D eigenvalue weighted by atomic mass is 9.84. The molecule has 0 bridgehead atoms. The predicted octanol–water partition coefficient (Wildman–Crippen LogP) is 2.26. The molecule has 0 aromatic carbocycles. The molecule has 5 nitrogen and oxygen atoms in total. The Morgan fingerprint density at radius 3 is 2.47 bits per heavy atom. The van der Waals surface area contributed by atoms with Crippen LogP contribution in [0.5, 0.6) is 0 Å². The van der Waals surface area contributed by atoms with Gasteiger partial charge in [0.25, 0.3) is 0 Å². The molecule has 1 N–H and O–H groups in total. The van der Waals surface area contributed by atoms with Crippen molar-refractivity contribution in [1.29, 1.82) is 0 Å². The van der Waals surface area contributed by atoms with Crippen molar-refractivity contribution in [2.45, 2.75) is 12.3 Å². The third kappa shape index (κ3) is 3.36. The first-order chi connectivity index (χ1) is 7.78. The lowest BCUT2D eigenvalue weighted by Gasteiger charge is -2.35. The maximum atomic E-state index is 5.67. The highest BCUT2D eigenvalue weighted by Crippen LogP contribution is 2.28. The molecule has 19 heavy (non-hydrogen) atoms. The van der Waals surface area contributed by atoms with Crippen LogP contribution in [0.15, 0.2) is 28.9 Å². The normalized spacial score (nSPS) is 15.2. The summed E-state index contributed by atoms with van der Waals surface area (Å²) in [6.45, 7) is 3.90. The second kappa shape index (κ2) is 7.05. The SMILES string of the molecule is CC1(c2nnc(-c3cccnc3)o2)CNC1.Cl.Cl.Cl. The van der Waals surface area contributed by atoms with Crippen molar-refractivity contribution in [2.24, 2.45) is 0 Å². The quantitative estimate of drug-likeness (QED) is 0.917. The summed E-state index contributed by atoms with van der Waals surface area (Å²) >= 11 is 0. The van der Waals surface area contributed by atoms with Crippen molar-refractivity contribution in [2.75, 3.05) is 13.1 Å². The van der Waals surface area contributed by atoms with Gasteiger partial charge in [-0.25, -0.2) is 0 Å². The van der Waals surface area contributed by atoms with E-state index in [0.717, 1.165) is 18.7 Å². The minimum Gasteiger partial charge on any atom is -0.420 e. The lowest BCUT2D eigenvalue weighted by Crippen LogP contribution is -2.54. The molecule has 0 unspecified atom stereocenters. The Hall–Kier alpha value is -0.880. The Morgan fingerprint density at radius 1 is 1.21 bits per heavy atom. The second-order valence-corrected chi connectivity index (χ2v) is 4.32. The Balaban J connectivity index is 0.00000108. The minimum atomic E-state index is -0.00649. The van der Waals surface area contributed by atoms with Gasteiger partial charge in [-0.3, -0.25) is 4.98 Å². The summed E-state index contributed by atoms with van der Waals surface area (Å²) in [5.41, 5.74) is 0.852. The van der Waals surface area contributed by atoms with Gasteiger partial charge in [-0.05, 0) is 19.1 Å². The molecular formula is C11H15Cl3N4O. The third-order valence-electron chi connectivity index (χ3n) is 2.88. The van der Waals surface area contributed by atoms with Crippen molar-refractivity contribution >= 4 is 37.2 Å². The number of aromatic nitrogens is 3. The molecule has 1 aliphatic heterocycles. The highest BCUT2D eigenvalue weighted by Gasteiger charge is 2.38. The van der Waals surface area contributed by atoms with Crippen LogP contribution in [-0.2, 0) is 5.41 Å². The third-order valence-corrected chi connectivity index (χ3v) is 2.88. The van der Waals surface area contributed by atoms with Crippen LogP contribution >= 0.6 is 37.2 Å². The van der Waals surface area contributed by atoms with Crippen LogP contribution in [0.3, 0.4) is 0 Å². The Kier molecular flexibility index (Phi) is 6.72. The molecule has 106 valence electrons. The van der Waals surface area contributed by atoms with Gasteiger partial charge in [0, 0.05) is 25.5 Å². The van der Waals surface area contributed by atoms with Gasteiger partial charge >= 0.3 is 0 Å². The van der Waals surface area contributed by atoms with Crippen LogP contribution in [0.25, 0.3) is 11.5 Å². The largest absolute Gasteiger partial charge is 0.420 e. The summed E-state index contributed by atoms with van der Waals surface area (Å²) in [7, 11) is 0. The zero-order valence-corrected chi connectivity index (χ0v) is 12.6. The number of halogens is 3. The van der Waals surface area contributed by atoms with E-state index in [0.29, 0.717) is 11.8 Å². The van der Waals surface area contributed by atoms with Crippen molar-refractivity contribution in [3.63, 3.8) is 0 Å². The first-order valence-corrected chi connectivity index (χ1v) is 5.23. The standard InChI is InChI=1S/C11H12N4O.3ClH/c1-11(6-13-7-11)10-15-14-9(16-10)8-3-2-4-12-5-8;;;/h2-5,13H,6-7H2,1H3;3*1H. The van der Waals surface area contributed by atoms with Gasteiger partial charge in [0.2, 0.25) is 11.8 Å². The number of nitrogens with one attached hydrogen (secondary N) is 1. The maximum Gasteiger partial charge on any atom is 0.249 e. The molecule has 2 aromatic rings. The van der Waals surface area contributed by atoms with Gasteiger partial charge in [0.1, 0.15) is 0 Å². The molecule has 0 saturated carbocycles. The van der Waals surface area contributed by atoms with Gasteiger partial charge < -0.3 is 9.73 Å². The summed E-state index contributed by atoms with van der Waals surface area (Å²) in [4.78, 5) is 4.03. The van der Waals surface area contributed by atoms with E-state index in [-0.39, 0.29) is 42.6 Å². The van der Waals surface area contributed by atoms with E-state index in [1.165, 1.54) is 0 Å². The van der Waals surface area contributed by atoms with E-state index in [9.17, 15) is 0 Å². The van der Waals surface area contributed by atoms with Crippen LogP contribution < -0.4 is 5.32 Å². The average molecular weight is 326 g/mol. The smallest absolute Gasteiger partial charge is 0.249 e. The topological polar surface area (TPSA) is 63.8 Å². The van der Waals surface area contributed by atoms with Crippen LogP contribution in [0, 0.1) is 0 Å². The zero-order valence-electron chi connectivity index (χ0n) is 10.2. The van der Waals surface area contributed by atoms with E-state index in [2.05, 4.69) is 27.4 Å². The molecule has 3 heterocycles. The number of hydrogen-bond donors (Lipinski definition) is 1. The van der Waals surface area contributed by atoms with E-state index in [1.807, 2.05) is 12.1 Å². The van der Waals surface area contributed by atoms with Gasteiger partial charge in [-0.15, -0.1) is 47.4 Å². The molecule has 0 amide bonds. The Bertz CT molecular complexity index is 502. The van der Waals surface area contributed by atoms with Crippen LogP contribution in [0.2, 0.25) is 0 Å². The zero-order chi connectivity index (χ0) is 11.0. The molecule has 3 rings (SSSR count). The fraction of sp³-hybridized carbons (Fsp3) is 0.364. The van der Waals surface area contributed by atoms with Crippen molar-refractivity contribution < 1.29 is 4.42 Å². The van der Waals surface area contributed by atoms with Crippen molar-refractivity contribution in [3.8, 4) is 11.5 Å². The molecule has 8 heteroatoms. The molecule has 0 aliphatic carbocycles. The van der Waals surface area contributed by atoms with Gasteiger partial charge in [0.05, 0.1) is 11.0 Å². The highest BCUT2D eigenvalue weighted by atomic mass is 35.5. The van der Waals surface area contributed by atoms with Gasteiger partial charge in [0.15, 0.2) is 0 Å². The molecular weight excluding hydrogens is 311 g/mol. The molecule has 1 fully saturated rings. The van der Waals surface area contributed by atoms with E-state index in [4.69, 9.17) is 4.42 Å². The Morgan fingerprint density at radius 2 is 1.95 bits per heavy atom. The fourth-order valence-corrected chi connectivity index (χ4v) is 1.72. The van der Waals surface area contributed by atoms with Crippen LogP contribution in [0.4, 0.5) is 0 Å². The molecule has 1 aliphatic rings. The predicted molar refractivity (Wildman–Crippen MR) is 79.5 cm³/mol. The van der Waals surface area contributed by atoms with E-state index >= 15 is 0 Å². The molecule has 0 atom stereocenters. The average Bonchev–Trinajstić information content (AvgIpc) is 2.77. The minimum absolute atomic E-state index is 0. The molecule has 2 aromatic heterocycles. The summed E-state index contributed by atoms with van der Waals surface area (Å²) in [6.07, 6.45) is 3.44. The first-order valence-electron chi connectivity index (χ1n) is 5.23. The van der Waals surface area contributed by atoms with Crippen LogP contribution in [-0.4, -0.2) is 28.3 Å². The lowest BCUT2D eigenvalue weighted by molar-refractivity contribution is 0.244. The summed E-state index contributed by atoms with van der Waals surface area (Å²) in [5, 5.41) is 11.4. The van der Waals surface area contributed by atoms with Crippen molar-refractivity contribution in [1.82, 2.24) is 20.5 Å². The highest BCUT2D eigenvalue weighted by molar-refractivity contribution is 5.86. The maximum absolute atomic E-state index is 5.67. The number of rotatable bonds is 2. The van der Waals surface area contributed by atoms with Crippen molar-refractivity contribution in [3.05, 3.63) is 30.4 Å². The van der Waals surface area contributed by atoms with E-state index in [1.54, 1.807) is 12.4 Å². The van der Waals surface area contributed by atoms with Gasteiger partial charge in [-0.1, -0.05) is 0 Å². The Labute approximate surface area is 129 Å². The van der Waals surface area contributed by atoms with Gasteiger partial charge in [-0.2, -0.15) is 0 Å². The number of nitrogens with zero attached hydrogens (tertiary/aromatic N) is 3. The summed E-state index contributed by atoms with van der Waals surface area (Å²) in [6, 6.07) is 3.76. The second-order valence-electron chi connectivity index (χ2n) is 4.32. The number of pyridine rings is 1. The molecule has 1 saturated heterocycles. The first kappa shape index (κ1) is 18.1. The fourth-order valence-electron chi connectivity index (χ4n) is 1.72. The molecule has 0 radical (unpaired) electrons. The monoisotopic (exact) mass is 324 g/mol. The van der Waals surface area contributed by atoms with E-state index < -0.39 is 0 Å². The summed E-state index contributed by atoms with van der Waals surface area (Å²) < 4.78 is 5.67. The van der Waals surface area contributed by atoms with Crippen LogP contribution in [0.1, 0.15) is 12.8 Å². The number of hydrogen-bond acceptors (Lipinski definition) is 5. The summed E-state index contributed by atoms with van der Waals surface area (Å²) in [5.74, 6) is 1.24. The molecule has 0 spiro atoms.